The number of hydrogen-bond acceptors (Lipinski definition) is 3. The van der Waals surface area contributed by atoms with Crippen LogP contribution in [0, 0.1) is 5.82 Å². The fourth-order valence-electron chi connectivity index (χ4n) is 1.28. The number of rotatable bonds is 4. The topological polar surface area (TPSA) is 92.4 Å². The first kappa shape index (κ1) is 15.7. The average molecular weight is 294 g/mol. The van der Waals surface area contributed by atoms with Crippen molar-refractivity contribution < 1.29 is 32.3 Å². The van der Waals surface area contributed by atoms with Gasteiger partial charge in [0.15, 0.2) is 0 Å². The van der Waals surface area contributed by atoms with Crippen LogP contribution in [0.2, 0.25) is 0 Å². The van der Waals surface area contributed by atoms with E-state index >= 15 is 0 Å². The Hall–Kier alpha value is -2.32. The molecule has 1 rings (SSSR count). The minimum absolute atomic E-state index is 0.253. The van der Waals surface area contributed by atoms with Crippen LogP contribution in [0.5, 0.6) is 0 Å². The minimum Gasteiger partial charge on any atom is -0.479 e. The molecule has 0 spiro atoms. The number of carbonyl (C=O) groups is 2. The van der Waals surface area contributed by atoms with Gasteiger partial charge in [-0.15, -0.1) is 0 Å². The second-order valence-corrected chi connectivity index (χ2v) is 4.11. The van der Waals surface area contributed by atoms with Crippen molar-refractivity contribution in [3.8, 4) is 0 Å². The van der Waals surface area contributed by atoms with Crippen LogP contribution < -0.4 is 11.1 Å². The largest absolute Gasteiger partial charge is 0.479 e. The quantitative estimate of drug-likeness (QED) is 0.737. The number of amides is 1. The van der Waals surface area contributed by atoms with E-state index in [9.17, 15) is 27.2 Å². The molecule has 5 nitrogen and oxygen atoms in total. The lowest BCUT2D eigenvalue weighted by molar-refractivity contribution is -0.192. The van der Waals surface area contributed by atoms with Gasteiger partial charge in [0.05, 0.1) is 5.69 Å². The Bertz CT molecular complexity index is 559. The Morgan fingerprint density at radius 2 is 1.85 bits per heavy atom. The van der Waals surface area contributed by atoms with E-state index in [-0.39, 0.29) is 5.56 Å². The van der Waals surface area contributed by atoms with E-state index in [1.165, 1.54) is 0 Å². The molecule has 0 saturated carbocycles. The van der Waals surface area contributed by atoms with Crippen LogP contribution in [0.15, 0.2) is 18.2 Å². The molecule has 0 aliphatic carbocycles. The molecular weight excluding hydrogens is 284 g/mol. The molecule has 0 saturated heterocycles. The third kappa shape index (κ3) is 2.81. The summed E-state index contributed by atoms with van der Waals surface area (Å²) in [6, 6.07) is 2.40. The summed E-state index contributed by atoms with van der Waals surface area (Å²) in [6.07, 6.45) is -5.16. The summed E-state index contributed by atoms with van der Waals surface area (Å²) in [6.45, 7) is 0.358. The van der Waals surface area contributed by atoms with Crippen molar-refractivity contribution in [3.05, 3.63) is 29.6 Å². The third-order valence-electron chi connectivity index (χ3n) is 2.63. The molecule has 1 aromatic carbocycles. The number of carboxylic acid groups (broad SMARTS) is 1. The Labute approximate surface area is 110 Å². The summed E-state index contributed by atoms with van der Waals surface area (Å²) >= 11 is 0. The lowest BCUT2D eigenvalue weighted by Gasteiger charge is -2.29. The maximum absolute atomic E-state index is 13.6. The zero-order chi connectivity index (χ0) is 15.7. The van der Waals surface area contributed by atoms with E-state index < -0.39 is 35.1 Å². The number of anilines is 1. The normalized spacial score (nSPS) is 14.4. The molecule has 0 bridgehead atoms. The highest BCUT2D eigenvalue weighted by Crippen LogP contribution is 2.34. The fraction of sp³-hybridized carbons (Fsp3) is 0.273. The lowest BCUT2D eigenvalue weighted by Crippen LogP contribution is -2.55. The number of nitrogens with one attached hydrogen (secondary N) is 1. The number of aliphatic carboxylic acids is 1. The molecule has 110 valence electrons. The van der Waals surface area contributed by atoms with E-state index in [2.05, 4.69) is 0 Å². The zero-order valence-electron chi connectivity index (χ0n) is 10.1. The van der Waals surface area contributed by atoms with Gasteiger partial charge in [0.1, 0.15) is 5.82 Å². The Morgan fingerprint density at radius 3 is 2.20 bits per heavy atom. The summed E-state index contributed by atoms with van der Waals surface area (Å²) in [5, 5.41) is 10.3. The predicted octanol–water partition coefficient (Wildman–Crippen LogP) is 1.74. The molecule has 1 atom stereocenters. The molecule has 0 radical (unpaired) electrons. The molecule has 0 fully saturated rings. The number of hydrogen-bond donors (Lipinski definition) is 3. The third-order valence-corrected chi connectivity index (χ3v) is 2.63. The number of primary amides is 1. The van der Waals surface area contributed by atoms with Crippen LogP contribution in [-0.2, 0) is 4.79 Å². The van der Waals surface area contributed by atoms with Crippen LogP contribution in [0.3, 0.4) is 0 Å². The first-order chi connectivity index (χ1) is 8.99. The van der Waals surface area contributed by atoms with Gasteiger partial charge in [-0.1, -0.05) is 0 Å². The van der Waals surface area contributed by atoms with Gasteiger partial charge in [0.25, 0.3) is 0 Å². The van der Waals surface area contributed by atoms with Crippen molar-refractivity contribution in [1.82, 2.24) is 0 Å². The van der Waals surface area contributed by atoms with Crippen LogP contribution in [0.4, 0.5) is 23.2 Å². The van der Waals surface area contributed by atoms with Crippen molar-refractivity contribution >= 4 is 17.6 Å². The summed E-state index contributed by atoms with van der Waals surface area (Å²) in [7, 11) is 0. The molecule has 1 amide bonds. The Balaban J connectivity index is 3.20. The highest BCUT2D eigenvalue weighted by Gasteiger charge is 2.57. The Morgan fingerprint density at radius 1 is 1.30 bits per heavy atom. The highest BCUT2D eigenvalue weighted by molar-refractivity contribution is 5.93. The van der Waals surface area contributed by atoms with Gasteiger partial charge in [0.2, 0.25) is 11.4 Å². The number of carbonyl (C=O) groups excluding carboxylic acids is 1. The molecule has 0 aliphatic heterocycles. The zero-order valence-corrected chi connectivity index (χ0v) is 10.1. The number of nitrogens with two attached hydrogens (primary N) is 1. The first-order valence-corrected chi connectivity index (χ1v) is 5.16. The smallest absolute Gasteiger partial charge is 0.422 e. The SMILES string of the molecule is CC(Nc1ccc(C(N)=O)cc1F)(C(=O)O)C(F)(F)F. The summed E-state index contributed by atoms with van der Waals surface area (Å²) < 4.78 is 51.8. The lowest BCUT2D eigenvalue weighted by atomic mass is 10.0. The van der Waals surface area contributed by atoms with Crippen LogP contribution in [-0.4, -0.2) is 28.7 Å². The Kier molecular flexibility index (Phi) is 3.92. The fourth-order valence-corrected chi connectivity index (χ4v) is 1.28. The van der Waals surface area contributed by atoms with Crippen molar-refractivity contribution in [3.63, 3.8) is 0 Å². The minimum atomic E-state index is -5.16. The molecule has 0 heterocycles. The number of carboxylic acids is 1. The van der Waals surface area contributed by atoms with Crippen LogP contribution in [0.1, 0.15) is 17.3 Å². The van der Waals surface area contributed by atoms with Gasteiger partial charge in [-0.2, -0.15) is 13.2 Å². The van der Waals surface area contributed by atoms with Crippen molar-refractivity contribution in [2.75, 3.05) is 5.32 Å². The van der Waals surface area contributed by atoms with E-state index in [4.69, 9.17) is 10.8 Å². The maximum Gasteiger partial charge on any atom is 0.422 e. The molecule has 20 heavy (non-hydrogen) atoms. The van der Waals surface area contributed by atoms with Crippen molar-refractivity contribution in [2.24, 2.45) is 5.73 Å². The molecular formula is C11H10F4N2O3. The summed E-state index contributed by atoms with van der Waals surface area (Å²) in [4.78, 5) is 21.6. The second kappa shape index (κ2) is 4.99. The highest BCUT2D eigenvalue weighted by atomic mass is 19.4. The predicted molar refractivity (Wildman–Crippen MR) is 60.6 cm³/mol. The standard InChI is InChI=1S/C11H10F4N2O3/c1-10(9(19)20,11(13,14)15)17-7-3-2-5(8(16)18)4-6(7)12/h2-4,17H,1H3,(H2,16,18)(H,19,20). The molecule has 1 aromatic rings. The molecule has 4 N–H and O–H groups in total. The van der Waals surface area contributed by atoms with Gasteiger partial charge in [-0.05, 0) is 25.1 Å². The van der Waals surface area contributed by atoms with Gasteiger partial charge in [-0.25, -0.2) is 9.18 Å². The summed E-state index contributed by atoms with van der Waals surface area (Å²) in [5.41, 5.74) is 0.541. The molecule has 0 aromatic heterocycles. The van der Waals surface area contributed by atoms with E-state index in [0.717, 1.165) is 12.1 Å². The van der Waals surface area contributed by atoms with Gasteiger partial charge < -0.3 is 16.2 Å². The van der Waals surface area contributed by atoms with Gasteiger partial charge >= 0.3 is 12.1 Å². The maximum atomic E-state index is 13.6. The summed E-state index contributed by atoms with van der Waals surface area (Å²) in [5.74, 6) is -4.41. The van der Waals surface area contributed by atoms with Crippen LogP contribution in [0.25, 0.3) is 0 Å². The number of halogens is 4. The monoisotopic (exact) mass is 294 g/mol. The molecule has 9 heteroatoms. The van der Waals surface area contributed by atoms with Crippen LogP contribution >= 0.6 is 0 Å². The number of alkyl halides is 3. The number of benzene rings is 1. The molecule has 0 aliphatic rings. The second-order valence-electron chi connectivity index (χ2n) is 4.11. The van der Waals surface area contributed by atoms with E-state index in [0.29, 0.717) is 13.0 Å². The molecule has 1 unspecified atom stereocenters. The van der Waals surface area contributed by atoms with E-state index in [1.807, 2.05) is 0 Å². The van der Waals surface area contributed by atoms with Gasteiger partial charge in [-0.3, -0.25) is 4.79 Å². The van der Waals surface area contributed by atoms with Crippen molar-refractivity contribution in [1.29, 1.82) is 0 Å². The average Bonchev–Trinajstić information content (AvgIpc) is 2.29. The van der Waals surface area contributed by atoms with Gasteiger partial charge in [0, 0.05) is 5.56 Å². The van der Waals surface area contributed by atoms with Crippen molar-refractivity contribution in [2.45, 2.75) is 18.6 Å². The first-order valence-electron chi connectivity index (χ1n) is 5.16. The van der Waals surface area contributed by atoms with E-state index in [1.54, 1.807) is 5.32 Å².